The van der Waals surface area contributed by atoms with E-state index in [0.29, 0.717) is 0 Å². The number of halogens is 4. The van der Waals surface area contributed by atoms with Gasteiger partial charge < -0.3 is 5.11 Å². The fourth-order valence-electron chi connectivity index (χ4n) is 0.875. The van der Waals surface area contributed by atoms with Crippen molar-refractivity contribution in [3.05, 3.63) is 23.6 Å². The summed E-state index contributed by atoms with van der Waals surface area (Å²) >= 11 is 0. The van der Waals surface area contributed by atoms with Gasteiger partial charge in [-0.3, -0.25) is 0 Å². The Morgan fingerprint density at radius 2 is 2.06 bits per heavy atom. The first-order valence-electron chi connectivity index (χ1n) is 3.74. The zero-order chi connectivity index (χ0) is 12.5. The molecule has 0 unspecified atom stereocenters. The zero-order valence-corrected chi connectivity index (χ0v) is 7.49. The van der Waals surface area contributed by atoms with E-state index in [-0.39, 0.29) is 17.3 Å². The monoisotopic (exact) mass is 239 g/mol. The fraction of sp³-hybridized carbons (Fsp3) is 0.143. The molecule has 9 heteroatoms. The molecule has 0 radical (unpaired) electrons. The number of rotatable bonds is 1. The van der Waals surface area contributed by atoms with E-state index in [2.05, 4.69) is 4.98 Å². The predicted octanol–water partition coefficient (Wildman–Crippen LogP) is 1.60. The third-order valence-electron chi connectivity index (χ3n) is 1.60. The van der Waals surface area contributed by atoms with Gasteiger partial charge in [-0.1, -0.05) is 0 Å². The molecular formula is C7H5F4N3O2. The molecule has 0 aliphatic carbocycles. The van der Waals surface area contributed by atoms with E-state index in [0.717, 1.165) is 0 Å². The molecule has 0 aromatic carbocycles. The van der Waals surface area contributed by atoms with Gasteiger partial charge in [0.15, 0.2) is 11.6 Å². The average Bonchev–Trinajstić information content (AvgIpc) is 2.15. The van der Waals surface area contributed by atoms with E-state index in [1.54, 1.807) is 0 Å². The Labute approximate surface area is 86.1 Å². The third kappa shape index (κ3) is 2.37. The summed E-state index contributed by atoms with van der Waals surface area (Å²) in [6, 6.07) is 0.212. The molecule has 1 amide bonds. The standard InChI is InChI=1S/C7H5F4N3O2/c8-4-2-13-5(14(12)6(15)16)1-3(4)7(9,10)11/h1-2H,12H2,(H,15,16). The van der Waals surface area contributed by atoms with Crippen molar-refractivity contribution < 1.29 is 27.5 Å². The Morgan fingerprint density at radius 1 is 1.50 bits per heavy atom. The Kier molecular flexibility index (Phi) is 2.99. The minimum atomic E-state index is -4.94. The van der Waals surface area contributed by atoms with Gasteiger partial charge in [-0.25, -0.2) is 20.0 Å². The van der Waals surface area contributed by atoms with Gasteiger partial charge in [0.25, 0.3) is 0 Å². The highest BCUT2D eigenvalue weighted by atomic mass is 19.4. The van der Waals surface area contributed by atoms with E-state index >= 15 is 0 Å². The first-order valence-corrected chi connectivity index (χ1v) is 3.74. The molecule has 5 nitrogen and oxygen atoms in total. The van der Waals surface area contributed by atoms with Crippen LogP contribution in [0.3, 0.4) is 0 Å². The van der Waals surface area contributed by atoms with Gasteiger partial charge in [-0.2, -0.15) is 18.2 Å². The molecule has 0 atom stereocenters. The lowest BCUT2D eigenvalue weighted by molar-refractivity contribution is -0.140. The zero-order valence-electron chi connectivity index (χ0n) is 7.49. The van der Waals surface area contributed by atoms with Gasteiger partial charge in [0.1, 0.15) is 0 Å². The molecule has 16 heavy (non-hydrogen) atoms. The van der Waals surface area contributed by atoms with Crippen LogP contribution in [-0.4, -0.2) is 16.2 Å². The lowest BCUT2D eigenvalue weighted by Gasteiger charge is -2.13. The van der Waals surface area contributed by atoms with Gasteiger partial charge in [-0.15, -0.1) is 0 Å². The van der Waals surface area contributed by atoms with Crippen LogP contribution in [0.25, 0.3) is 0 Å². The number of anilines is 1. The van der Waals surface area contributed by atoms with Gasteiger partial charge in [0.05, 0.1) is 11.8 Å². The summed E-state index contributed by atoms with van der Waals surface area (Å²) in [7, 11) is 0. The largest absolute Gasteiger partial charge is 0.464 e. The Balaban J connectivity index is 3.23. The summed E-state index contributed by atoms with van der Waals surface area (Å²) in [6.07, 6.45) is -6.41. The van der Waals surface area contributed by atoms with Crippen LogP contribution < -0.4 is 10.9 Å². The summed E-state index contributed by atoms with van der Waals surface area (Å²) in [4.78, 5) is 13.5. The van der Waals surface area contributed by atoms with Crippen molar-refractivity contribution in [1.82, 2.24) is 4.98 Å². The third-order valence-corrected chi connectivity index (χ3v) is 1.60. The molecule has 1 rings (SSSR count). The second kappa shape index (κ2) is 3.93. The quantitative estimate of drug-likeness (QED) is 0.337. The number of pyridine rings is 1. The van der Waals surface area contributed by atoms with Gasteiger partial charge in [0, 0.05) is 0 Å². The molecule has 0 spiro atoms. The van der Waals surface area contributed by atoms with E-state index in [1.807, 2.05) is 0 Å². The van der Waals surface area contributed by atoms with E-state index in [1.165, 1.54) is 0 Å². The maximum Gasteiger partial charge on any atom is 0.427 e. The van der Waals surface area contributed by atoms with Crippen LogP contribution in [0.15, 0.2) is 12.3 Å². The number of carbonyl (C=O) groups is 1. The number of hydrazine groups is 1. The topological polar surface area (TPSA) is 79.5 Å². The molecule has 0 aliphatic heterocycles. The van der Waals surface area contributed by atoms with Crippen LogP contribution in [0.1, 0.15) is 5.56 Å². The molecule has 1 heterocycles. The number of nitrogens with two attached hydrogens (primary N) is 1. The number of hydrogen-bond acceptors (Lipinski definition) is 3. The Bertz CT molecular complexity index is 421. The SMILES string of the molecule is NN(C(=O)O)c1cc(C(F)(F)F)c(F)cn1. The first kappa shape index (κ1) is 12.2. The van der Waals surface area contributed by atoms with Crippen molar-refractivity contribution in [2.24, 2.45) is 5.84 Å². The fourth-order valence-corrected chi connectivity index (χ4v) is 0.875. The molecule has 1 aromatic rings. The van der Waals surface area contributed by atoms with Gasteiger partial charge in [0.2, 0.25) is 0 Å². The van der Waals surface area contributed by atoms with E-state index in [4.69, 9.17) is 10.9 Å². The minimum Gasteiger partial charge on any atom is -0.464 e. The summed E-state index contributed by atoms with van der Waals surface area (Å²) in [5.74, 6) is 2.56. The highest BCUT2D eigenvalue weighted by Gasteiger charge is 2.35. The highest BCUT2D eigenvalue weighted by molar-refractivity contribution is 5.83. The van der Waals surface area contributed by atoms with E-state index < -0.39 is 29.5 Å². The molecule has 0 fully saturated rings. The van der Waals surface area contributed by atoms with Crippen LogP contribution in [0, 0.1) is 5.82 Å². The normalized spacial score (nSPS) is 11.3. The van der Waals surface area contributed by atoms with E-state index in [9.17, 15) is 22.4 Å². The maximum atomic E-state index is 12.7. The summed E-state index contributed by atoms with van der Waals surface area (Å²) in [6.45, 7) is 0. The van der Waals surface area contributed by atoms with Gasteiger partial charge in [-0.05, 0) is 6.07 Å². The highest BCUT2D eigenvalue weighted by Crippen LogP contribution is 2.32. The molecule has 1 aromatic heterocycles. The first-order chi connectivity index (χ1) is 7.23. The summed E-state index contributed by atoms with van der Waals surface area (Å²) < 4.78 is 49.4. The molecule has 0 aliphatic rings. The molecule has 0 saturated carbocycles. The summed E-state index contributed by atoms with van der Waals surface area (Å²) in [5.41, 5.74) is -1.63. The Morgan fingerprint density at radius 3 is 2.50 bits per heavy atom. The smallest absolute Gasteiger partial charge is 0.427 e. The molecular weight excluding hydrogens is 234 g/mol. The number of nitrogens with zero attached hydrogens (tertiary/aromatic N) is 2. The van der Waals surface area contributed by atoms with Crippen molar-refractivity contribution in [1.29, 1.82) is 0 Å². The number of amides is 1. The lowest BCUT2D eigenvalue weighted by Crippen LogP contribution is -2.37. The van der Waals surface area contributed by atoms with Crippen LogP contribution >= 0.6 is 0 Å². The van der Waals surface area contributed by atoms with Crippen molar-refractivity contribution in [3.8, 4) is 0 Å². The number of alkyl halides is 3. The van der Waals surface area contributed by atoms with Crippen LogP contribution in [0.4, 0.5) is 28.2 Å². The molecule has 0 bridgehead atoms. The average molecular weight is 239 g/mol. The molecule has 88 valence electrons. The number of aromatic nitrogens is 1. The van der Waals surface area contributed by atoms with Crippen molar-refractivity contribution in [3.63, 3.8) is 0 Å². The van der Waals surface area contributed by atoms with Crippen LogP contribution in [0.5, 0.6) is 0 Å². The molecule has 0 saturated heterocycles. The minimum absolute atomic E-state index is 0.0469. The predicted molar refractivity (Wildman–Crippen MR) is 43.9 cm³/mol. The summed E-state index contributed by atoms with van der Waals surface area (Å²) in [5, 5.41) is 8.34. The number of carboxylic acid groups (broad SMARTS) is 1. The maximum absolute atomic E-state index is 12.7. The van der Waals surface area contributed by atoms with Crippen LogP contribution in [0.2, 0.25) is 0 Å². The number of hydrogen-bond donors (Lipinski definition) is 2. The van der Waals surface area contributed by atoms with Crippen molar-refractivity contribution in [2.75, 3.05) is 5.01 Å². The second-order valence-corrected chi connectivity index (χ2v) is 2.67. The second-order valence-electron chi connectivity index (χ2n) is 2.67. The van der Waals surface area contributed by atoms with Gasteiger partial charge >= 0.3 is 12.3 Å². The lowest BCUT2D eigenvalue weighted by atomic mass is 10.2. The van der Waals surface area contributed by atoms with Crippen molar-refractivity contribution >= 4 is 11.9 Å². The van der Waals surface area contributed by atoms with Crippen molar-refractivity contribution in [2.45, 2.75) is 6.18 Å². The Hall–Kier alpha value is -1.90. The molecule has 3 N–H and O–H groups in total. The van der Waals surface area contributed by atoms with Crippen LogP contribution in [-0.2, 0) is 6.18 Å².